The molecule has 1 atom stereocenters. The number of rotatable bonds is 5. The van der Waals surface area contributed by atoms with Crippen molar-refractivity contribution in [3.05, 3.63) is 53.6 Å². The van der Waals surface area contributed by atoms with Crippen LogP contribution in [0, 0.1) is 6.92 Å². The highest BCUT2D eigenvalue weighted by Gasteiger charge is 2.32. The molecule has 1 fully saturated rings. The Balaban J connectivity index is 1.42. The third-order valence-corrected chi connectivity index (χ3v) is 4.73. The van der Waals surface area contributed by atoms with E-state index in [-0.39, 0.29) is 18.1 Å². The summed E-state index contributed by atoms with van der Waals surface area (Å²) in [6, 6.07) is 14.4. The predicted molar refractivity (Wildman–Crippen MR) is 104 cm³/mol. The predicted octanol–water partition coefficient (Wildman–Crippen LogP) is 3.60. The van der Waals surface area contributed by atoms with Crippen LogP contribution in [0.2, 0.25) is 0 Å². The van der Waals surface area contributed by atoms with E-state index in [0.29, 0.717) is 6.01 Å². The molecule has 1 aliphatic rings. The lowest BCUT2D eigenvalue weighted by Gasteiger charge is -2.37. The van der Waals surface area contributed by atoms with Gasteiger partial charge in [-0.3, -0.25) is 4.79 Å². The number of hydrogen-bond acceptors (Lipinski definition) is 5. The summed E-state index contributed by atoms with van der Waals surface area (Å²) in [5.74, 6) is 0.843. The fourth-order valence-electron chi connectivity index (χ4n) is 3.27. The fraction of sp³-hybridized carbons (Fsp3) is 0.333. The second kappa shape index (κ2) is 6.95. The maximum Gasteiger partial charge on any atom is 0.298 e. The Morgan fingerprint density at radius 3 is 2.85 bits per heavy atom. The van der Waals surface area contributed by atoms with Crippen LogP contribution < -0.4 is 15.0 Å². The lowest BCUT2D eigenvalue weighted by molar-refractivity contribution is -0.119. The minimum absolute atomic E-state index is 0.0545. The average Bonchev–Trinajstić information content (AvgIpc) is 2.99. The molecule has 0 radical (unpaired) electrons. The molecular formula is C21H23N3O3. The van der Waals surface area contributed by atoms with Gasteiger partial charge in [0.1, 0.15) is 17.4 Å². The van der Waals surface area contributed by atoms with Gasteiger partial charge in [-0.25, -0.2) is 0 Å². The number of fused-ring (bicyclic) bond motifs is 1. The van der Waals surface area contributed by atoms with Crippen molar-refractivity contribution in [3.8, 4) is 5.75 Å². The van der Waals surface area contributed by atoms with Gasteiger partial charge in [0.25, 0.3) is 6.01 Å². The van der Waals surface area contributed by atoms with E-state index in [9.17, 15) is 4.79 Å². The van der Waals surface area contributed by atoms with Crippen molar-refractivity contribution in [2.24, 2.45) is 0 Å². The number of anilines is 1. The number of amides is 1. The third-order valence-electron chi connectivity index (χ3n) is 4.73. The number of oxazole rings is 1. The summed E-state index contributed by atoms with van der Waals surface area (Å²) in [5.41, 5.74) is 3.71. The van der Waals surface area contributed by atoms with Gasteiger partial charge in [-0.1, -0.05) is 18.2 Å². The number of aromatic nitrogens is 1. The van der Waals surface area contributed by atoms with Crippen molar-refractivity contribution in [2.45, 2.75) is 32.9 Å². The lowest BCUT2D eigenvalue weighted by Crippen LogP contribution is -2.54. The van der Waals surface area contributed by atoms with Gasteiger partial charge in [-0.2, -0.15) is 4.98 Å². The zero-order valence-corrected chi connectivity index (χ0v) is 15.7. The summed E-state index contributed by atoms with van der Waals surface area (Å²) in [4.78, 5) is 17.9. The van der Waals surface area contributed by atoms with Crippen molar-refractivity contribution >= 4 is 23.0 Å². The highest BCUT2D eigenvalue weighted by Crippen LogP contribution is 2.29. The van der Waals surface area contributed by atoms with Crippen molar-refractivity contribution in [1.82, 2.24) is 10.3 Å². The van der Waals surface area contributed by atoms with Crippen LogP contribution in [-0.4, -0.2) is 30.1 Å². The number of aryl methyl sites for hydroxylation is 1. The van der Waals surface area contributed by atoms with E-state index in [2.05, 4.69) is 28.2 Å². The first kappa shape index (κ1) is 17.4. The fourth-order valence-corrected chi connectivity index (χ4v) is 3.27. The number of carbonyl (C=O) groups excluding carboxylic acids is 1. The molecule has 6 heteroatoms. The molecule has 0 saturated carbocycles. The molecule has 1 aliphatic heterocycles. The van der Waals surface area contributed by atoms with Gasteiger partial charge in [-0.05, 0) is 49.2 Å². The van der Waals surface area contributed by atoms with Crippen molar-refractivity contribution < 1.29 is 13.9 Å². The number of hydrogen-bond donors (Lipinski definition) is 1. The standard InChI is InChI=1S/C21H23N3O3/c1-13-5-4-6-17(9-13)26-18-11-24(12-18)21-23-19-8-7-16(10-20(19)27-21)14(2)22-15(3)25/h4-10,14,18H,11-12H2,1-3H3,(H,22,25). The average molecular weight is 365 g/mol. The Bertz CT molecular complexity index is 976. The Morgan fingerprint density at radius 1 is 1.30 bits per heavy atom. The number of carbonyl (C=O) groups is 1. The third kappa shape index (κ3) is 3.74. The topological polar surface area (TPSA) is 67.6 Å². The molecule has 27 heavy (non-hydrogen) atoms. The maximum atomic E-state index is 11.2. The van der Waals surface area contributed by atoms with Gasteiger partial charge in [-0.15, -0.1) is 0 Å². The summed E-state index contributed by atoms with van der Waals surface area (Å²) in [5, 5.41) is 2.88. The zero-order valence-electron chi connectivity index (χ0n) is 15.7. The molecule has 2 aromatic carbocycles. The molecule has 0 bridgehead atoms. The molecule has 1 aromatic heterocycles. The van der Waals surface area contributed by atoms with Crippen LogP contribution in [0.25, 0.3) is 11.1 Å². The molecule has 1 unspecified atom stereocenters. The summed E-state index contributed by atoms with van der Waals surface area (Å²) in [7, 11) is 0. The highest BCUT2D eigenvalue weighted by molar-refractivity contribution is 5.77. The largest absolute Gasteiger partial charge is 0.487 e. The summed E-state index contributed by atoms with van der Waals surface area (Å²) in [6.07, 6.45) is 0.136. The summed E-state index contributed by atoms with van der Waals surface area (Å²) in [6.45, 7) is 7.01. The van der Waals surface area contributed by atoms with Gasteiger partial charge < -0.3 is 19.4 Å². The minimum atomic E-state index is -0.0726. The smallest absolute Gasteiger partial charge is 0.298 e. The molecule has 0 spiro atoms. The molecule has 1 N–H and O–H groups in total. The second-order valence-corrected chi connectivity index (χ2v) is 7.11. The van der Waals surface area contributed by atoms with E-state index in [4.69, 9.17) is 9.15 Å². The molecular weight excluding hydrogens is 342 g/mol. The van der Waals surface area contributed by atoms with Gasteiger partial charge in [0.15, 0.2) is 5.58 Å². The Morgan fingerprint density at radius 2 is 2.11 bits per heavy atom. The van der Waals surface area contributed by atoms with E-state index in [1.165, 1.54) is 12.5 Å². The van der Waals surface area contributed by atoms with Gasteiger partial charge in [0.05, 0.1) is 19.1 Å². The minimum Gasteiger partial charge on any atom is -0.487 e. The Hall–Kier alpha value is -3.02. The number of nitrogens with zero attached hydrogens (tertiary/aromatic N) is 2. The lowest BCUT2D eigenvalue weighted by atomic mass is 10.1. The van der Waals surface area contributed by atoms with E-state index in [1.54, 1.807) is 0 Å². The monoisotopic (exact) mass is 365 g/mol. The molecule has 2 heterocycles. The van der Waals surface area contributed by atoms with E-state index >= 15 is 0 Å². The van der Waals surface area contributed by atoms with Crippen molar-refractivity contribution in [2.75, 3.05) is 18.0 Å². The van der Waals surface area contributed by atoms with Gasteiger partial charge in [0, 0.05) is 6.92 Å². The summed E-state index contributed by atoms with van der Waals surface area (Å²) < 4.78 is 11.9. The van der Waals surface area contributed by atoms with Crippen LogP contribution in [0.3, 0.4) is 0 Å². The molecule has 6 nitrogen and oxygen atoms in total. The highest BCUT2D eigenvalue weighted by atomic mass is 16.5. The van der Waals surface area contributed by atoms with Crippen LogP contribution >= 0.6 is 0 Å². The molecule has 140 valence electrons. The van der Waals surface area contributed by atoms with Crippen LogP contribution in [-0.2, 0) is 4.79 Å². The first-order chi connectivity index (χ1) is 13.0. The molecule has 4 rings (SSSR count). The molecule has 3 aromatic rings. The molecule has 1 amide bonds. The van der Waals surface area contributed by atoms with Gasteiger partial charge >= 0.3 is 0 Å². The Labute approximate surface area is 158 Å². The first-order valence-corrected chi connectivity index (χ1v) is 9.14. The van der Waals surface area contributed by atoms with Gasteiger partial charge in [0.2, 0.25) is 5.91 Å². The quantitative estimate of drug-likeness (QED) is 0.748. The maximum absolute atomic E-state index is 11.2. The number of benzene rings is 2. The SMILES string of the molecule is CC(=O)NC(C)c1ccc2nc(N3CC(Oc4cccc(C)c4)C3)oc2c1. The van der Waals surface area contributed by atoms with Crippen LogP contribution in [0.4, 0.5) is 6.01 Å². The second-order valence-electron chi connectivity index (χ2n) is 7.11. The first-order valence-electron chi connectivity index (χ1n) is 9.14. The van der Waals surface area contributed by atoms with E-state index < -0.39 is 0 Å². The zero-order chi connectivity index (χ0) is 19.0. The van der Waals surface area contributed by atoms with E-state index in [1.807, 2.05) is 43.3 Å². The van der Waals surface area contributed by atoms with Crippen LogP contribution in [0.5, 0.6) is 5.75 Å². The summed E-state index contributed by atoms with van der Waals surface area (Å²) >= 11 is 0. The van der Waals surface area contributed by atoms with E-state index in [0.717, 1.165) is 35.5 Å². The molecule has 1 saturated heterocycles. The van der Waals surface area contributed by atoms with Crippen molar-refractivity contribution in [3.63, 3.8) is 0 Å². The van der Waals surface area contributed by atoms with Crippen LogP contribution in [0.15, 0.2) is 46.9 Å². The number of ether oxygens (including phenoxy) is 1. The number of nitrogens with one attached hydrogen (secondary N) is 1. The normalized spacial score (nSPS) is 15.4. The Kier molecular flexibility index (Phi) is 4.48. The van der Waals surface area contributed by atoms with Crippen LogP contribution in [0.1, 0.15) is 31.0 Å². The molecule has 0 aliphatic carbocycles. The van der Waals surface area contributed by atoms with Crippen molar-refractivity contribution in [1.29, 1.82) is 0 Å².